The first-order chi connectivity index (χ1) is 7.99. The molecule has 0 aliphatic rings. The zero-order valence-electron chi connectivity index (χ0n) is 8.94. The quantitative estimate of drug-likeness (QED) is 0.898. The highest BCUT2D eigenvalue weighted by Gasteiger charge is 2.18. The van der Waals surface area contributed by atoms with Gasteiger partial charge >= 0.3 is 0 Å². The van der Waals surface area contributed by atoms with E-state index in [2.05, 4.69) is 14.7 Å². The number of aryl methyl sites for hydroxylation is 1. The van der Waals surface area contributed by atoms with E-state index in [1.165, 1.54) is 18.5 Å². The maximum absolute atomic E-state index is 12.0. The average Bonchev–Trinajstić information content (AvgIpc) is 2.68. The van der Waals surface area contributed by atoms with Crippen LogP contribution in [-0.2, 0) is 10.0 Å². The number of sulfonamides is 1. The zero-order valence-corrected chi connectivity index (χ0v) is 10.5. The van der Waals surface area contributed by atoms with Crippen molar-refractivity contribution >= 4 is 27.6 Å². The molecule has 0 radical (unpaired) electrons. The molecule has 1 aromatic carbocycles. The van der Waals surface area contributed by atoms with Crippen molar-refractivity contribution in [3.05, 3.63) is 41.2 Å². The number of H-pyrrole nitrogens is 1. The molecule has 2 aromatic rings. The van der Waals surface area contributed by atoms with Gasteiger partial charge in [0.15, 0.2) is 0 Å². The minimum Gasteiger partial charge on any atom is -0.330 e. The number of imidazole rings is 1. The second-order valence-corrected chi connectivity index (χ2v) is 5.54. The Kier molecular flexibility index (Phi) is 3.08. The number of anilines is 1. The van der Waals surface area contributed by atoms with Crippen molar-refractivity contribution in [2.24, 2.45) is 0 Å². The van der Waals surface area contributed by atoms with Crippen LogP contribution in [0.4, 0.5) is 5.95 Å². The normalized spacial score (nSPS) is 11.4. The molecular formula is C10H10ClN3O2S. The van der Waals surface area contributed by atoms with E-state index in [-0.39, 0.29) is 15.9 Å². The highest BCUT2D eigenvalue weighted by Crippen LogP contribution is 2.23. The lowest BCUT2D eigenvalue weighted by Crippen LogP contribution is -2.14. The van der Waals surface area contributed by atoms with E-state index in [0.717, 1.165) is 5.56 Å². The molecule has 1 aromatic heterocycles. The maximum Gasteiger partial charge on any atom is 0.265 e. The monoisotopic (exact) mass is 271 g/mol. The minimum absolute atomic E-state index is 0.0289. The van der Waals surface area contributed by atoms with Gasteiger partial charge in [-0.1, -0.05) is 17.7 Å². The molecule has 1 heterocycles. The molecule has 0 atom stereocenters. The molecule has 2 N–H and O–H groups in total. The Morgan fingerprint density at radius 1 is 1.41 bits per heavy atom. The van der Waals surface area contributed by atoms with Crippen molar-refractivity contribution < 1.29 is 8.42 Å². The van der Waals surface area contributed by atoms with E-state index in [0.29, 0.717) is 0 Å². The Labute approximate surface area is 104 Å². The standard InChI is InChI=1S/C10H10ClN3O2S/c1-7-2-3-9(8(11)6-7)17(15,16)14-10-12-4-5-13-10/h2-6H,1H3,(H2,12,13,14). The van der Waals surface area contributed by atoms with Crippen molar-refractivity contribution in [3.63, 3.8) is 0 Å². The highest BCUT2D eigenvalue weighted by atomic mass is 35.5. The van der Waals surface area contributed by atoms with Crippen LogP contribution in [0.5, 0.6) is 0 Å². The van der Waals surface area contributed by atoms with Crippen LogP contribution in [0.1, 0.15) is 5.56 Å². The summed E-state index contributed by atoms with van der Waals surface area (Å²) in [7, 11) is -3.71. The van der Waals surface area contributed by atoms with Gasteiger partial charge < -0.3 is 4.98 Å². The number of halogens is 1. The van der Waals surface area contributed by atoms with Gasteiger partial charge in [0.25, 0.3) is 10.0 Å². The second kappa shape index (κ2) is 4.38. The number of hydrogen-bond donors (Lipinski definition) is 2. The lowest BCUT2D eigenvalue weighted by atomic mass is 10.2. The van der Waals surface area contributed by atoms with Crippen LogP contribution in [0.15, 0.2) is 35.5 Å². The van der Waals surface area contributed by atoms with Gasteiger partial charge in [-0.3, -0.25) is 0 Å². The van der Waals surface area contributed by atoms with E-state index in [1.54, 1.807) is 12.1 Å². The lowest BCUT2D eigenvalue weighted by molar-refractivity contribution is 0.601. The fourth-order valence-electron chi connectivity index (χ4n) is 1.33. The van der Waals surface area contributed by atoms with Gasteiger partial charge in [0.1, 0.15) is 4.90 Å². The predicted octanol–water partition coefficient (Wildman–Crippen LogP) is 2.17. The third-order valence-corrected chi connectivity index (χ3v) is 3.93. The van der Waals surface area contributed by atoms with Gasteiger partial charge in [-0.25, -0.2) is 18.1 Å². The number of nitrogens with zero attached hydrogens (tertiary/aromatic N) is 1. The Morgan fingerprint density at radius 2 is 2.18 bits per heavy atom. The smallest absolute Gasteiger partial charge is 0.265 e. The third-order valence-electron chi connectivity index (χ3n) is 2.11. The van der Waals surface area contributed by atoms with E-state index in [1.807, 2.05) is 6.92 Å². The van der Waals surface area contributed by atoms with Crippen LogP contribution in [0, 0.1) is 6.92 Å². The molecule has 0 aliphatic carbocycles. The highest BCUT2D eigenvalue weighted by molar-refractivity contribution is 7.92. The summed E-state index contributed by atoms with van der Waals surface area (Å²) in [6.07, 6.45) is 2.98. The van der Waals surface area contributed by atoms with Crippen LogP contribution in [0.2, 0.25) is 5.02 Å². The summed E-state index contributed by atoms with van der Waals surface area (Å²) in [5.41, 5.74) is 0.895. The molecule has 0 spiro atoms. The molecule has 5 nitrogen and oxygen atoms in total. The van der Waals surface area contributed by atoms with Gasteiger partial charge in [0.2, 0.25) is 5.95 Å². The molecule has 0 fully saturated rings. The molecule has 90 valence electrons. The van der Waals surface area contributed by atoms with E-state index in [9.17, 15) is 8.42 Å². The summed E-state index contributed by atoms with van der Waals surface area (Å²) in [6, 6.07) is 4.74. The molecule has 0 saturated carbocycles. The molecule has 7 heteroatoms. The minimum atomic E-state index is -3.71. The number of hydrogen-bond acceptors (Lipinski definition) is 3. The van der Waals surface area contributed by atoms with Crippen LogP contribution >= 0.6 is 11.6 Å². The Balaban J connectivity index is 2.38. The maximum atomic E-state index is 12.0. The Bertz CT molecular complexity index is 623. The fraction of sp³-hybridized carbons (Fsp3) is 0.100. The van der Waals surface area contributed by atoms with E-state index >= 15 is 0 Å². The van der Waals surface area contributed by atoms with Gasteiger partial charge in [0, 0.05) is 12.4 Å². The first-order valence-electron chi connectivity index (χ1n) is 4.77. The molecule has 17 heavy (non-hydrogen) atoms. The first kappa shape index (κ1) is 11.9. The molecule has 0 bridgehead atoms. The topological polar surface area (TPSA) is 74.8 Å². The van der Waals surface area contributed by atoms with Crippen LogP contribution < -0.4 is 4.72 Å². The SMILES string of the molecule is Cc1ccc(S(=O)(=O)Nc2ncc[nH]2)c(Cl)c1. The molecule has 0 saturated heterocycles. The summed E-state index contributed by atoms with van der Waals surface area (Å²) < 4.78 is 26.2. The van der Waals surface area contributed by atoms with Crippen LogP contribution in [0.3, 0.4) is 0 Å². The number of aromatic amines is 1. The molecule has 0 aliphatic heterocycles. The number of nitrogens with one attached hydrogen (secondary N) is 2. The van der Waals surface area contributed by atoms with Gasteiger partial charge in [-0.2, -0.15) is 0 Å². The Hall–Kier alpha value is -1.53. The van der Waals surface area contributed by atoms with Crippen LogP contribution in [0.25, 0.3) is 0 Å². The fourth-order valence-corrected chi connectivity index (χ4v) is 2.91. The zero-order chi connectivity index (χ0) is 12.5. The molecule has 2 rings (SSSR count). The summed E-state index contributed by atoms with van der Waals surface area (Å²) in [4.78, 5) is 6.46. The van der Waals surface area contributed by atoms with E-state index in [4.69, 9.17) is 11.6 Å². The van der Waals surface area contributed by atoms with E-state index < -0.39 is 10.0 Å². The second-order valence-electron chi connectivity index (χ2n) is 3.48. The van der Waals surface area contributed by atoms with Gasteiger partial charge in [-0.05, 0) is 24.6 Å². The largest absolute Gasteiger partial charge is 0.330 e. The van der Waals surface area contributed by atoms with Crippen LogP contribution in [-0.4, -0.2) is 18.4 Å². The Morgan fingerprint density at radius 3 is 2.76 bits per heavy atom. The van der Waals surface area contributed by atoms with Crippen molar-refractivity contribution in [3.8, 4) is 0 Å². The van der Waals surface area contributed by atoms with Crippen molar-refractivity contribution in [1.29, 1.82) is 0 Å². The molecular weight excluding hydrogens is 262 g/mol. The summed E-state index contributed by atoms with van der Waals surface area (Å²) in [6.45, 7) is 1.84. The van der Waals surface area contributed by atoms with Crippen molar-refractivity contribution in [1.82, 2.24) is 9.97 Å². The first-order valence-corrected chi connectivity index (χ1v) is 6.63. The molecule has 0 unspecified atom stereocenters. The summed E-state index contributed by atoms with van der Waals surface area (Å²) in [5.74, 6) is 0.154. The molecule has 0 amide bonds. The predicted molar refractivity (Wildman–Crippen MR) is 65.6 cm³/mol. The van der Waals surface area contributed by atoms with Gasteiger partial charge in [-0.15, -0.1) is 0 Å². The average molecular weight is 272 g/mol. The lowest BCUT2D eigenvalue weighted by Gasteiger charge is -2.07. The van der Waals surface area contributed by atoms with Crippen molar-refractivity contribution in [2.45, 2.75) is 11.8 Å². The summed E-state index contributed by atoms with van der Waals surface area (Å²) in [5, 5.41) is 0.184. The van der Waals surface area contributed by atoms with Crippen molar-refractivity contribution in [2.75, 3.05) is 4.72 Å². The summed E-state index contributed by atoms with van der Waals surface area (Å²) >= 11 is 5.90. The number of aromatic nitrogens is 2. The van der Waals surface area contributed by atoms with Gasteiger partial charge in [0.05, 0.1) is 5.02 Å². The third kappa shape index (κ3) is 2.59. The number of rotatable bonds is 3. The number of benzene rings is 1.